The van der Waals surface area contributed by atoms with Crippen LogP contribution in [0.15, 0.2) is 23.4 Å². The number of hydrogen-bond donors (Lipinski definition) is 2. The van der Waals surface area contributed by atoms with Crippen molar-refractivity contribution in [1.29, 1.82) is 0 Å². The van der Waals surface area contributed by atoms with E-state index in [1.165, 1.54) is 25.0 Å². The third-order valence-electron chi connectivity index (χ3n) is 5.01. The highest BCUT2D eigenvalue weighted by Gasteiger charge is 2.32. The summed E-state index contributed by atoms with van der Waals surface area (Å²) in [7, 11) is 0. The Kier molecular flexibility index (Phi) is 4.70. The molecule has 1 aliphatic rings. The van der Waals surface area contributed by atoms with Crippen LogP contribution in [0, 0.1) is 11.2 Å². The third-order valence-corrected chi connectivity index (χ3v) is 5.01. The fraction of sp³-hybridized carbons (Fsp3) is 0.562. The maximum atomic E-state index is 13.4. The van der Waals surface area contributed by atoms with Crippen LogP contribution in [-0.2, 0) is 0 Å². The minimum atomic E-state index is -0.381. The van der Waals surface area contributed by atoms with E-state index in [0.717, 1.165) is 31.6 Å². The van der Waals surface area contributed by atoms with E-state index in [9.17, 15) is 4.39 Å². The molecule has 1 aromatic carbocycles. The summed E-state index contributed by atoms with van der Waals surface area (Å²) in [5.74, 6) is -0.429. The number of amidine groups is 1. The first-order valence-corrected chi connectivity index (χ1v) is 7.57. The van der Waals surface area contributed by atoms with Crippen molar-refractivity contribution in [3.63, 3.8) is 0 Å². The fourth-order valence-corrected chi connectivity index (χ4v) is 3.22. The van der Waals surface area contributed by atoms with Gasteiger partial charge in [-0.3, -0.25) is 0 Å². The highest BCUT2D eigenvalue weighted by molar-refractivity contribution is 6.02. The minimum Gasteiger partial charge on any atom is -0.409 e. The first kappa shape index (κ1) is 15.6. The van der Waals surface area contributed by atoms with Crippen molar-refractivity contribution in [3.8, 4) is 0 Å². The van der Waals surface area contributed by atoms with Gasteiger partial charge in [-0.1, -0.05) is 31.8 Å². The number of oxime groups is 1. The summed E-state index contributed by atoms with van der Waals surface area (Å²) in [6, 6.07) is 4.46. The predicted octanol–water partition coefficient (Wildman–Crippen LogP) is 3.33. The molecular weight excluding hydrogens is 269 g/mol. The average molecular weight is 293 g/mol. The first-order valence-electron chi connectivity index (χ1n) is 7.57. The lowest BCUT2D eigenvalue weighted by Crippen LogP contribution is -2.40. The summed E-state index contributed by atoms with van der Waals surface area (Å²) in [5.41, 5.74) is 7.40. The standard InChI is InChI=1S/C16H24FN3O/c1-3-16(4-2)7-9-20(10-8-16)14-6-5-12(17)11-13(14)15(18)19-21/h5-6,11,21H,3-4,7-10H2,1-2H3,(H2,18,19). The molecule has 0 radical (unpaired) electrons. The van der Waals surface area contributed by atoms with Crippen LogP contribution in [0.2, 0.25) is 0 Å². The van der Waals surface area contributed by atoms with Gasteiger partial charge in [0.15, 0.2) is 5.84 Å². The number of halogens is 1. The van der Waals surface area contributed by atoms with Crippen molar-refractivity contribution in [1.82, 2.24) is 0 Å². The van der Waals surface area contributed by atoms with E-state index in [1.54, 1.807) is 6.07 Å². The van der Waals surface area contributed by atoms with Crippen molar-refractivity contribution in [2.75, 3.05) is 18.0 Å². The van der Waals surface area contributed by atoms with E-state index in [1.807, 2.05) is 0 Å². The Labute approximate surface area is 125 Å². The second-order valence-corrected chi connectivity index (χ2v) is 5.84. The number of hydrogen-bond acceptors (Lipinski definition) is 3. The molecule has 0 atom stereocenters. The van der Waals surface area contributed by atoms with E-state index in [2.05, 4.69) is 23.9 Å². The van der Waals surface area contributed by atoms with Gasteiger partial charge in [0.1, 0.15) is 5.82 Å². The molecule has 1 heterocycles. The van der Waals surface area contributed by atoms with Gasteiger partial charge in [-0.05, 0) is 36.5 Å². The topological polar surface area (TPSA) is 61.8 Å². The molecule has 1 fully saturated rings. The van der Waals surface area contributed by atoms with E-state index < -0.39 is 0 Å². The second kappa shape index (κ2) is 6.33. The van der Waals surface area contributed by atoms with Crippen LogP contribution in [0.25, 0.3) is 0 Å². The van der Waals surface area contributed by atoms with E-state index in [4.69, 9.17) is 10.9 Å². The lowest BCUT2D eigenvalue weighted by molar-refractivity contribution is 0.199. The number of anilines is 1. The summed E-state index contributed by atoms with van der Waals surface area (Å²) < 4.78 is 13.4. The predicted molar refractivity (Wildman–Crippen MR) is 83.4 cm³/mol. The molecule has 4 nitrogen and oxygen atoms in total. The molecule has 5 heteroatoms. The number of nitrogens with two attached hydrogens (primary N) is 1. The smallest absolute Gasteiger partial charge is 0.172 e. The molecule has 3 N–H and O–H groups in total. The van der Waals surface area contributed by atoms with Crippen LogP contribution < -0.4 is 10.6 Å². The summed E-state index contributed by atoms with van der Waals surface area (Å²) in [5, 5.41) is 11.9. The Morgan fingerprint density at radius 2 is 1.95 bits per heavy atom. The second-order valence-electron chi connectivity index (χ2n) is 5.84. The monoisotopic (exact) mass is 293 g/mol. The lowest BCUT2D eigenvalue weighted by atomic mass is 9.74. The van der Waals surface area contributed by atoms with Crippen LogP contribution in [0.4, 0.5) is 10.1 Å². The normalized spacial score (nSPS) is 18.8. The van der Waals surface area contributed by atoms with Gasteiger partial charge in [0, 0.05) is 24.3 Å². The van der Waals surface area contributed by atoms with Crippen LogP contribution in [0.3, 0.4) is 0 Å². The maximum Gasteiger partial charge on any atom is 0.172 e. The number of piperidine rings is 1. The fourth-order valence-electron chi connectivity index (χ4n) is 3.22. The Morgan fingerprint density at radius 3 is 2.48 bits per heavy atom. The van der Waals surface area contributed by atoms with Crippen molar-refractivity contribution >= 4 is 11.5 Å². The largest absolute Gasteiger partial charge is 0.409 e. The molecule has 0 aromatic heterocycles. The molecule has 0 saturated carbocycles. The van der Waals surface area contributed by atoms with Crippen LogP contribution >= 0.6 is 0 Å². The Morgan fingerprint density at radius 1 is 1.33 bits per heavy atom. The first-order chi connectivity index (χ1) is 10.0. The molecule has 0 unspecified atom stereocenters. The van der Waals surface area contributed by atoms with Gasteiger partial charge in [-0.25, -0.2) is 4.39 Å². The number of nitrogens with zero attached hydrogens (tertiary/aromatic N) is 2. The van der Waals surface area contributed by atoms with Gasteiger partial charge in [0.05, 0.1) is 0 Å². The highest BCUT2D eigenvalue weighted by atomic mass is 19.1. The highest BCUT2D eigenvalue weighted by Crippen LogP contribution is 2.39. The van der Waals surface area contributed by atoms with Crippen LogP contribution in [0.5, 0.6) is 0 Å². The zero-order valence-corrected chi connectivity index (χ0v) is 12.8. The third kappa shape index (κ3) is 3.12. The quantitative estimate of drug-likeness (QED) is 0.387. The molecular formula is C16H24FN3O. The molecule has 0 spiro atoms. The van der Waals surface area contributed by atoms with Gasteiger partial charge in [-0.15, -0.1) is 0 Å². The van der Waals surface area contributed by atoms with Crippen molar-refractivity contribution in [3.05, 3.63) is 29.6 Å². The number of rotatable bonds is 4. The summed E-state index contributed by atoms with van der Waals surface area (Å²) in [6.07, 6.45) is 4.61. The van der Waals surface area contributed by atoms with Gasteiger partial charge in [0.2, 0.25) is 0 Å². The number of benzene rings is 1. The SMILES string of the molecule is CCC1(CC)CCN(c2ccc(F)cc2C(N)=NO)CC1. The summed E-state index contributed by atoms with van der Waals surface area (Å²) in [6.45, 7) is 6.33. The molecule has 0 aliphatic carbocycles. The molecule has 1 saturated heterocycles. The maximum absolute atomic E-state index is 13.4. The van der Waals surface area contributed by atoms with Crippen molar-refractivity contribution in [2.45, 2.75) is 39.5 Å². The summed E-state index contributed by atoms with van der Waals surface area (Å²) >= 11 is 0. The van der Waals surface area contributed by atoms with Gasteiger partial charge in [0.25, 0.3) is 0 Å². The summed E-state index contributed by atoms with van der Waals surface area (Å²) in [4.78, 5) is 2.20. The Balaban J connectivity index is 2.25. The van der Waals surface area contributed by atoms with Crippen molar-refractivity contribution < 1.29 is 9.60 Å². The lowest BCUT2D eigenvalue weighted by Gasteiger charge is -2.42. The average Bonchev–Trinajstić information content (AvgIpc) is 2.54. The molecule has 0 amide bonds. The molecule has 116 valence electrons. The molecule has 1 aromatic rings. The van der Waals surface area contributed by atoms with E-state index >= 15 is 0 Å². The molecule has 21 heavy (non-hydrogen) atoms. The van der Waals surface area contributed by atoms with E-state index in [-0.39, 0.29) is 11.7 Å². The minimum absolute atomic E-state index is 0.0488. The Hall–Kier alpha value is -1.78. The van der Waals surface area contributed by atoms with Crippen LogP contribution in [0.1, 0.15) is 45.1 Å². The molecule has 2 rings (SSSR count). The van der Waals surface area contributed by atoms with Gasteiger partial charge < -0.3 is 15.8 Å². The van der Waals surface area contributed by atoms with Crippen LogP contribution in [-0.4, -0.2) is 24.1 Å². The van der Waals surface area contributed by atoms with Gasteiger partial charge >= 0.3 is 0 Å². The zero-order valence-electron chi connectivity index (χ0n) is 12.8. The zero-order chi connectivity index (χ0) is 15.5. The van der Waals surface area contributed by atoms with E-state index in [0.29, 0.717) is 11.0 Å². The van der Waals surface area contributed by atoms with Gasteiger partial charge in [-0.2, -0.15) is 0 Å². The Bertz CT molecular complexity index is 516. The van der Waals surface area contributed by atoms with Crippen molar-refractivity contribution in [2.24, 2.45) is 16.3 Å². The molecule has 1 aliphatic heterocycles. The molecule has 0 bridgehead atoms.